The number of halogens is 3. The van der Waals surface area contributed by atoms with Gasteiger partial charge in [0, 0.05) is 0 Å². The molecule has 20 heavy (non-hydrogen) atoms. The second-order valence-electron chi connectivity index (χ2n) is 3.48. The lowest BCUT2D eigenvalue weighted by molar-refractivity contribution is -0.274. The molecule has 6 nitrogen and oxygen atoms in total. The van der Waals surface area contributed by atoms with E-state index in [-0.39, 0.29) is 5.75 Å². The van der Waals surface area contributed by atoms with Crippen LogP contribution in [0.3, 0.4) is 0 Å². The number of amides is 1. The Morgan fingerprint density at radius 2 is 1.70 bits per heavy atom. The minimum Gasteiger partial charge on any atom is -0.484 e. The van der Waals surface area contributed by atoms with Crippen LogP contribution in [0.25, 0.3) is 0 Å². The molecule has 0 spiro atoms. The lowest BCUT2D eigenvalue weighted by atomic mass is 10.3. The van der Waals surface area contributed by atoms with E-state index >= 15 is 0 Å². The fraction of sp³-hybridized carbons (Fsp3) is 0.273. The maximum Gasteiger partial charge on any atom is 0.573 e. The summed E-state index contributed by atoms with van der Waals surface area (Å²) in [5.74, 6) is -2.14. The fourth-order valence-electron chi connectivity index (χ4n) is 1.11. The smallest absolute Gasteiger partial charge is 0.484 e. The Bertz CT molecular complexity index is 472. The number of rotatable bonds is 6. The molecule has 1 rings (SSSR count). The van der Waals surface area contributed by atoms with Crippen LogP contribution in [0.4, 0.5) is 13.2 Å². The number of aliphatic carboxylic acids is 1. The molecule has 0 saturated heterocycles. The number of nitrogens with one attached hydrogen (secondary N) is 1. The highest BCUT2D eigenvalue weighted by atomic mass is 19.4. The topological polar surface area (TPSA) is 84.9 Å². The maximum atomic E-state index is 11.9. The van der Waals surface area contributed by atoms with E-state index in [0.29, 0.717) is 0 Å². The molecule has 0 aliphatic heterocycles. The summed E-state index contributed by atoms with van der Waals surface area (Å²) in [7, 11) is 0. The Morgan fingerprint density at radius 3 is 2.20 bits per heavy atom. The zero-order valence-corrected chi connectivity index (χ0v) is 9.94. The van der Waals surface area contributed by atoms with Crippen molar-refractivity contribution in [3.8, 4) is 11.5 Å². The summed E-state index contributed by atoms with van der Waals surface area (Å²) in [4.78, 5) is 21.3. The predicted octanol–water partition coefficient (Wildman–Crippen LogP) is 1.16. The number of alkyl halides is 3. The SMILES string of the molecule is O=C(O)CNC(=O)COc1ccc(OC(F)(F)F)cc1. The number of carbonyl (C=O) groups excluding carboxylic acids is 1. The van der Waals surface area contributed by atoms with Crippen molar-refractivity contribution in [2.75, 3.05) is 13.2 Å². The van der Waals surface area contributed by atoms with Gasteiger partial charge in [-0.05, 0) is 24.3 Å². The molecule has 1 aromatic rings. The van der Waals surface area contributed by atoms with Crippen molar-refractivity contribution in [3.63, 3.8) is 0 Å². The first-order valence-electron chi connectivity index (χ1n) is 5.23. The van der Waals surface area contributed by atoms with Crippen LogP contribution < -0.4 is 14.8 Å². The van der Waals surface area contributed by atoms with Gasteiger partial charge in [-0.2, -0.15) is 0 Å². The van der Waals surface area contributed by atoms with Crippen molar-refractivity contribution in [2.24, 2.45) is 0 Å². The van der Waals surface area contributed by atoms with Crippen LogP contribution >= 0.6 is 0 Å². The molecule has 0 bridgehead atoms. The monoisotopic (exact) mass is 293 g/mol. The van der Waals surface area contributed by atoms with Gasteiger partial charge >= 0.3 is 12.3 Å². The quantitative estimate of drug-likeness (QED) is 0.822. The number of carbonyl (C=O) groups is 2. The first-order valence-corrected chi connectivity index (χ1v) is 5.23. The molecule has 0 fully saturated rings. The Balaban J connectivity index is 2.42. The lowest BCUT2D eigenvalue weighted by Crippen LogP contribution is -2.33. The average molecular weight is 293 g/mol. The molecule has 0 unspecified atom stereocenters. The minimum absolute atomic E-state index is 0.144. The summed E-state index contributed by atoms with van der Waals surface area (Å²) in [6.07, 6.45) is -4.78. The van der Waals surface area contributed by atoms with Gasteiger partial charge in [0.05, 0.1) is 0 Å². The first kappa shape index (κ1) is 15.6. The van der Waals surface area contributed by atoms with Crippen molar-refractivity contribution >= 4 is 11.9 Å². The highest BCUT2D eigenvalue weighted by Gasteiger charge is 2.30. The molecule has 1 amide bonds. The largest absolute Gasteiger partial charge is 0.573 e. The summed E-state index contributed by atoms with van der Waals surface area (Å²) < 4.78 is 44.3. The van der Waals surface area contributed by atoms with Crippen molar-refractivity contribution in [1.29, 1.82) is 0 Å². The molecule has 1 aromatic carbocycles. The molecular formula is C11H10F3NO5. The molecular weight excluding hydrogens is 283 g/mol. The molecule has 0 aromatic heterocycles. The third-order valence-electron chi connectivity index (χ3n) is 1.86. The summed E-state index contributed by atoms with van der Waals surface area (Å²) in [6, 6.07) is 4.42. The van der Waals surface area contributed by atoms with Gasteiger partial charge in [-0.15, -0.1) is 13.2 Å². The van der Waals surface area contributed by atoms with E-state index in [1.165, 1.54) is 12.1 Å². The number of hydrogen-bond acceptors (Lipinski definition) is 4. The van der Waals surface area contributed by atoms with Crippen molar-refractivity contribution in [1.82, 2.24) is 5.32 Å². The van der Waals surface area contributed by atoms with Crippen LogP contribution in [0, 0.1) is 0 Å². The van der Waals surface area contributed by atoms with E-state index in [1.54, 1.807) is 0 Å². The van der Waals surface area contributed by atoms with Crippen molar-refractivity contribution in [2.45, 2.75) is 6.36 Å². The van der Waals surface area contributed by atoms with Crippen molar-refractivity contribution < 1.29 is 37.3 Å². The molecule has 2 N–H and O–H groups in total. The van der Waals surface area contributed by atoms with Gasteiger partial charge in [-0.3, -0.25) is 9.59 Å². The van der Waals surface area contributed by atoms with Crippen LogP contribution in [-0.4, -0.2) is 36.5 Å². The Labute approximate surface area is 111 Å². The number of benzene rings is 1. The number of carboxylic acid groups (broad SMARTS) is 1. The summed E-state index contributed by atoms with van der Waals surface area (Å²) in [5, 5.41) is 10.4. The molecule has 9 heteroatoms. The highest BCUT2D eigenvalue weighted by Crippen LogP contribution is 2.24. The third-order valence-corrected chi connectivity index (χ3v) is 1.86. The zero-order valence-electron chi connectivity index (χ0n) is 9.94. The van der Waals surface area contributed by atoms with Gasteiger partial charge in [0.2, 0.25) is 0 Å². The van der Waals surface area contributed by atoms with E-state index in [4.69, 9.17) is 9.84 Å². The normalized spacial score (nSPS) is 10.8. The Morgan fingerprint density at radius 1 is 1.15 bits per heavy atom. The van der Waals surface area contributed by atoms with Crippen LogP contribution in [0.1, 0.15) is 0 Å². The van der Waals surface area contributed by atoms with E-state index in [2.05, 4.69) is 10.1 Å². The van der Waals surface area contributed by atoms with Gasteiger partial charge in [-0.25, -0.2) is 0 Å². The van der Waals surface area contributed by atoms with Gasteiger partial charge in [0.1, 0.15) is 18.0 Å². The van der Waals surface area contributed by atoms with Gasteiger partial charge in [-0.1, -0.05) is 0 Å². The van der Waals surface area contributed by atoms with Gasteiger partial charge in [0.25, 0.3) is 5.91 Å². The van der Waals surface area contributed by atoms with Gasteiger partial charge < -0.3 is 19.9 Å². The van der Waals surface area contributed by atoms with E-state index in [1.807, 2.05) is 0 Å². The molecule has 0 aliphatic rings. The van der Waals surface area contributed by atoms with Crippen LogP contribution in [0.5, 0.6) is 11.5 Å². The zero-order chi connectivity index (χ0) is 15.2. The molecule has 0 saturated carbocycles. The summed E-state index contributed by atoms with van der Waals surface area (Å²) in [5.41, 5.74) is 0. The molecule has 110 valence electrons. The first-order chi connectivity index (χ1) is 9.26. The maximum absolute atomic E-state index is 11.9. The molecule has 0 aliphatic carbocycles. The van der Waals surface area contributed by atoms with Crippen LogP contribution in [0.15, 0.2) is 24.3 Å². The molecule has 0 atom stereocenters. The number of ether oxygens (including phenoxy) is 2. The van der Waals surface area contributed by atoms with E-state index in [9.17, 15) is 22.8 Å². The van der Waals surface area contributed by atoms with E-state index < -0.39 is 37.1 Å². The van der Waals surface area contributed by atoms with Crippen LogP contribution in [0.2, 0.25) is 0 Å². The molecule has 0 radical (unpaired) electrons. The number of hydrogen-bond donors (Lipinski definition) is 2. The Kier molecular flexibility index (Phi) is 5.18. The standard InChI is InChI=1S/C11H10F3NO5/c12-11(13,14)20-8-3-1-7(2-4-8)19-6-9(16)15-5-10(17)18/h1-4H,5-6H2,(H,15,16)(H,17,18). The third kappa shape index (κ3) is 6.47. The lowest BCUT2D eigenvalue weighted by Gasteiger charge is -2.10. The highest BCUT2D eigenvalue weighted by molar-refractivity contribution is 5.82. The average Bonchev–Trinajstić information content (AvgIpc) is 2.33. The summed E-state index contributed by atoms with van der Waals surface area (Å²) in [6.45, 7) is -0.993. The minimum atomic E-state index is -4.78. The predicted molar refractivity (Wildman–Crippen MR) is 59.3 cm³/mol. The van der Waals surface area contributed by atoms with E-state index in [0.717, 1.165) is 12.1 Å². The van der Waals surface area contributed by atoms with Crippen LogP contribution in [-0.2, 0) is 9.59 Å². The van der Waals surface area contributed by atoms with Crippen molar-refractivity contribution in [3.05, 3.63) is 24.3 Å². The Hall–Kier alpha value is -2.45. The number of carboxylic acids is 1. The fourth-order valence-corrected chi connectivity index (χ4v) is 1.11. The second kappa shape index (κ2) is 6.64. The second-order valence-corrected chi connectivity index (χ2v) is 3.48. The molecule has 0 heterocycles. The van der Waals surface area contributed by atoms with Gasteiger partial charge in [0.15, 0.2) is 6.61 Å². The summed E-state index contributed by atoms with van der Waals surface area (Å²) >= 11 is 0.